The molecule has 0 aliphatic rings. The summed E-state index contributed by atoms with van der Waals surface area (Å²) in [6.45, 7) is 0.833. The van der Waals surface area contributed by atoms with Gasteiger partial charge in [0.05, 0.1) is 0 Å². The van der Waals surface area contributed by atoms with Gasteiger partial charge in [0.25, 0.3) is 0 Å². The van der Waals surface area contributed by atoms with Gasteiger partial charge in [0, 0.05) is 31.0 Å². The van der Waals surface area contributed by atoms with Gasteiger partial charge in [-0.25, -0.2) is 4.98 Å². The first-order chi connectivity index (χ1) is 6.95. The highest BCUT2D eigenvalue weighted by Gasteiger charge is 1.94. The molecule has 5 nitrogen and oxygen atoms in total. The van der Waals surface area contributed by atoms with Gasteiger partial charge in [-0.05, 0) is 12.1 Å². The summed E-state index contributed by atoms with van der Waals surface area (Å²) in [5.74, 6) is 0.895. The van der Waals surface area contributed by atoms with Crippen LogP contribution < -0.4 is 5.32 Å². The van der Waals surface area contributed by atoms with Gasteiger partial charge in [-0.1, -0.05) is 0 Å². The Kier molecular flexibility index (Phi) is 2.70. The third-order valence-electron chi connectivity index (χ3n) is 1.84. The van der Waals surface area contributed by atoms with Crippen molar-refractivity contribution in [2.24, 2.45) is 0 Å². The maximum absolute atomic E-state index is 4.03. The van der Waals surface area contributed by atoms with Gasteiger partial charge >= 0.3 is 0 Å². The molecular weight excluding hydrogens is 178 g/mol. The van der Waals surface area contributed by atoms with Crippen molar-refractivity contribution in [3.63, 3.8) is 0 Å². The van der Waals surface area contributed by atoms with Gasteiger partial charge in [0.1, 0.15) is 12.2 Å². The van der Waals surface area contributed by atoms with Crippen molar-refractivity contribution in [3.8, 4) is 0 Å². The SMILES string of the molecule is c1cc(NCCc2ncn[nH]2)ccn1. The van der Waals surface area contributed by atoms with Gasteiger partial charge in [-0.15, -0.1) is 0 Å². The van der Waals surface area contributed by atoms with Crippen LogP contribution in [-0.2, 0) is 6.42 Å². The van der Waals surface area contributed by atoms with Crippen LogP contribution in [0.4, 0.5) is 5.69 Å². The van der Waals surface area contributed by atoms with Crippen LogP contribution in [0, 0.1) is 0 Å². The molecule has 2 aromatic heterocycles. The molecule has 0 unspecified atom stereocenters. The minimum atomic E-state index is 0.833. The van der Waals surface area contributed by atoms with E-state index in [4.69, 9.17) is 0 Å². The molecule has 0 saturated carbocycles. The molecule has 0 aromatic carbocycles. The van der Waals surface area contributed by atoms with E-state index in [0.29, 0.717) is 0 Å². The monoisotopic (exact) mass is 189 g/mol. The highest BCUT2D eigenvalue weighted by molar-refractivity contribution is 5.40. The molecule has 0 aliphatic heterocycles. The summed E-state index contributed by atoms with van der Waals surface area (Å²) < 4.78 is 0. The smallest absolute Gasteiger partial charge is 0.137 e. The Hall–Kier alpha value is -1.91. The first kappa shape index (κ1) is 8.68. The fourth-order valence-electron chi connectivity index (χ4n) is 1.15. The molecule has 72 valence electrons. The zero-order valence-electron chi connectivity index (χ0n) is 7.64. The number of anilines is 1. The maximum atomic E-state index is 4.03. The molecule has 0 amide bonds. The van der Waals surface area contributed by atoms with E-state index in [9.17, 15) is 0 Å². The second-order valence-corrected chi connectivity index (χ2v) is 2.84. The number of rotatable bonds is 4. The van der Waals surface area contributed by atoms with Crippen LogP contribution in [0.5, 0.6) is 0 Å². The lowest BCUT2D eigenvalue weighted by atomic mass is 10.3. The first-order valence-electron chi connectivity index (χ1n) is 4.43. The summed E-state index contributed by atoms with van der Waals surface area (Å²) in [6, 6.07) is 3.86. The van der Waals surface area contributed by atoms with Gasteiger partial charge in [-0.2, -0.15) is 5.10 Å². The average Bonchev–Trinajstić information content (AvgIpc) is 2.72. The number of pyridine rings is 1. The number of aromatic amines is 1. The van der Waals surface area contributed by atoms with Crippen LogP contribution in [0.3, 0.4) is 0 Å². The van der Waals surface area contributed by atoms with Crippen LogP contribution in [0.2, 0.25) is 0 Å². The fourth-order valence-corrected chi connectivity index (χ4v) is 1.15. The third kappa shape index (κ3) is 2.29. The normalized spacial score (nSPS) is 10.0. The molecule has 2 rings (SSSR count). The van der Waals surface area contributed by atoms with Crippen molar-refractivity contribution in [2.75, 3.05) is 11.9 Å². The molecular formula is C9H11N5. The van der Waals surface area contributed by atoms with E-state index in [1.54, 1.807) is 12.4 Å². The average molecular weight is 189 g/mol. The predicted molar refractivity (Wildman–Crippen MR) is 52.8 cm³/mol. The highest BCUT2D eigenvalue weighted by Crippen LogP contribution is 2.02. The Morgan fingerprint density at radius 3 is 2.86 bits per heavy atom. The largest absolute Gasteiger partial charge is 0.385 e. The van der Waals surface area contributed by atoms with Crippen LogP contribution in [0.25, 0.3) is 0 Å². The van der Waals surface area contributed by atoms with Crippen molar-refractivity contribution < 1.29 is 0 Å². The van der Waals surface area contributed by atoms with E-state index >= 15 is 0 Å². The Morgan fingerprint density at radius 2 is 2.14 bits per heavy atom. The van der Waals surface area contributed by atoms with Crippen LogP contribution in [0.1, 0.15) is 5.82 Å². The van der Waals surface area contributed by atoms with Gasteiger partial charge in [0.2, 0.25) is 0 Å². The molecule has 0 atom stereocenters. The van der Waals surface area contributed by atoms with Crippen molar-refractivity contribution in [3.05, 3.63) is 36.7 Å². The van der Waals surface area contributed by atoms with Crippen molar-refractivity contribution in [1.29, 1.82) is 0 Å². The molecule has 0 radical (unpaired) electrons. The summed E-state index contributed by atoms with van der Waals surface area (Å²) >= 11 is 0. The Bertz CT molecular complexity index is 356. The zero-order chi connectivity index (χ0) is 9.64. The molecule has 0 spiro atoms. The summed E-state index contributed by atoms with van der Waals surface area (Å²) in [6.07, 6.45) is 5.87. The number of H-pyrrole nitrogens is 1. The van der Waals surface area contributed by atoms with E-state index in [0.717, 1.165) is 24.5 Å². The molecule has 2 aromatic rings. The lowest BCUT2D eigenvalue weighted by molar-refractivity contribution is 0.901. The van der Waals surface area contributed by atoms with E-state index < -0.39 is 0 Å². The molecule has 0 aliphatic carbocycles. The van der Waals surface area contributed by atoms with Gasteiger partial charge in [-0.3, -0.25) is 10.1 Å². The van der Waals surface area contributed by atoms with Crippen molar-refractivity contribution in [1.82, 2.24) is 20.2 Å². The number of aromatic nitrogens is 4. The summed E-state index contributed by atoms with van der Waals surface area (Å²) in [5.41, 5.74) is 1.07. The molecule has 0 bridgehead atoms. The lowest BCUT2D eigenvalue weighted by Gasteiger charge is -2.03. The van der Waals surface area contributed by atoms with E-state index in [2.05, 4.69) is 25.5 Å². The maximum Gasteiger partial charge on any atom is 0.137 e. The zero-order valence-corrected chi connectivity index (χ0v) is 7.64. The first-order valence-corrected chi connectivity index (χ1v) is 4.43. The van der Waals surface area contributed by atoms with Crippen LogP contribution >= 0.6 is 0 Å². The van der Waals surface area contributed by atoms with E-state index in [1.807, 2.05) is 12.1 Å². The number of hydrogen-bond donors (Lipinski definition) is 2. The minimum Gasteiger partial charge on any atom is -0.385 e. The molecule has 2 N–H and O–H groups in total. The second kappa shape index (κ2) is 4.36. The fraction of sp³-hybridized carbons (Fsp3) is 0.222. The predicted octanol–water partition coefficient (Wildman–Crippen LogP) is 0.854. The van der Waals surface area contributed by atoms with Crippen LogP contribution in [-0.4, -0.2) is 26.7 Å². The Labute approximate surface area is 81.6 Å². The third-order valence-corrected chi connectivity index (χ3v) is 1.84. The van der Waals surface area contributed by atoms with Gasteiger partial charge in [0.15, 0.2) is 0 Å². The quantitative estimate of drug-likeness (QED) is 0.748. The van der Waals surface area contributed by atoms with Crippen molar-refractivity contribution >= 4 is 5.69 Å². The number of hydrogen-bond acceptors (Lipinski definition) is 4. The highest BCUT2D eigenvalue weighted by atomic mass is 15.2. The minimum absolute atomic E-state index is 0.833. The molecule has 2 heterocycles. The van der Waals surface area contributed by atoms with Crippen LogP contribution in [0.15, 0.2) is 30.9 Å². The van der Waals surface area contributed by atoms with E-state index in [1.165, 1.54) is 6.33 Å². The second-order valence-electron chi connectivity index (χ2n) is 2.84. The topological polar surface area (TPSA) is 66.5 Å². The Balaban J connectivity index is 1.79. The molecule has 5 heteroatoms. The Morgan fingerprint density at radius 1 is 1.29 bits per heavy atom. The van der Waals surface area contributed by atoms with Gasteiger partial charge < -0.3 is 5.32 Å². The molecule has 14 heavy (non-hydrogen) atoms. The van der Waals surface area contributed by atoms with E-state index in [-0.39, 0.29) is 0 Å². The molecule has 0 saturated heterocycles. The summed E-state index contributed by atoms with van der Waals surface area (Å²) in [7, 11) is 0. The standard InChI is InChI=1S/C9H11N5/c1-4-10-5-2-8(1)11-6-3-9-12-7-13-14-9/h1-2,4-5,7H,3,6H2,(H,10,11)(H,12,13,14). The molecule has 0 fully saturated rings. The summed E-state index contributed by atoms with van der Waals surface area (Å²) in [5, 5.41) is 9.84. The number of nitrogens with one attached hydrogen (secondary N) is 2. The summed E-state index contributed by atoms with van der Waals surface area (Å²) in [4.78, 5) is 7.96. The lowest BCUT2D eigenvalue weighted by Crippen LogP contribution is -2.05. The van der Waals surface area contributed by atoms with Crippen molar-refractivity contribution in [2.45, 2.75) is 6.42 Å². The number of nitrogens with zero attached hydrogens (tertiary/aromatic N) is 3.